The van der Waals surface area contributed by atoms with Crippen molar-refractivity contribution in [1.29, 1.82) is 0 Å². The standard InChI is InChI=1S/C14H12ClN3O3/c15-12-3-1-2-11(18-12)14(20)17-9-4-6-10(7-5-9)21-8-13(16)19/h1-7H,8H2,(H2,16,19)(H,17,20). The molecule has 2 rings (SSSR count). The van der Waals surface area contributed by atoms with Gasteiger partial charge in [0.2, 0.25) is 0 Å². The first-order chi connectivity index (χ1) is 10.0. The van der Waals surface area contributed by atoms with Gasteiger partial charge in [-0.05, 0) is 36.4 Å². The molecule has 0 bridgehead atoms. The van der Waals surface area contributed by atoms with Crippen molar-refractivity contribution in [2.45, 2.75) is 0 Å². The Bertz CT molecular complexity index is 659. The van der Waals surface area contributed by atoms with E-state index in [9.17, 15) is 9.59 Å². The molecule has 6 nitrogen and oxygen atoms in total. The smallest absolute Gasteiger partial charge is 0.274 e. The van der Waals surface area contributed by atoms with E-state index < -0.39 is 5.91 Å². The van der Waals surface area contributed by atoms with E-state index in [0.29, 0.717) is 11.4 Å². The summed E-state index contributed by atoms with van der Waals surface area (Å²) in [7, 11) is 0. The molecule has 2 amide bonds. The number of benzene rings is 1. The predicted octanol–water partition coefficient (Wildman–Crippen LogP) is 1.85. The summed E-state index contributed by atoms with van der Waals surface area (Å²) >= 11 is 5.73. The van der Waals surface area contributed by atoms with Crippen LogP contribution in [0.1, 0.15) is 10.5 Å². The lowest BCUT2D eigenvalue weighted by Crippen LogP contribution is -2.20. The number of nitrogens with two attached hydrogens (primary N) is 1. The lowest BCUT2D eigenvalue weighted by atomic mass is 10.3. The number of anilines is 1. The summed E-state index contributed by atoms with van der Waals surface area (Å²) < 4.78 is 5.11. The third-order valence-electron chi connectivity index (χ3n) is 2.44. The maximum absolute atomic E-state index is 11.9. The molecule has 0 saturated heterocycles. The second kappa shape index (κ2) is 6.71. The van der Waals surface area contributed by atoms with Gasteiger partial charge in [0.1, 0.15) is 16.6 Å². The molecule has 0 atom stereocenters. The largest absolute Gasteiger partial charge is 0.484 e. The first kappa shape index (κ1) is 14.8. The highest BCUT2D eigenvalue weighted by atomic mass is 35.5. The highest BCUT2D eigenvalue weighted by molar-refractivity contribution is 6.29. The minimum absolute atomic E-state index is 0.196. The number of hydrogen-bond donors (Lipinski definition) is 2. The number of hydrogen-bond acceptors (Lipinski definition) is 4. The number of ether oxygens (including phenoxy) is 1. The van der Waals surface area contributed by atoms with Crippen LogP contribution in [0.2, 0.25) is 5.15 Å². The quantitative estimate of drug-likeness (QED) is 0.824. The van der Waals surface area contributed by atoms with Gasteiger partial charge in [-0.1, -0.05) is 17.7 Å². The van der Waals surface area contributed by atoms with Gasteiger partial charge in [-0.15, -0.1) is 0 Å². The molecule has 1 aromatic carbocycles. The van der Waals surface area contributed by atoms with Crippen LogP contribution in [0.4, 0.5) is 5.69 Å². The number of nitrogens with zero attached hydrogens (tertiary/aromatic N) is 1. The lowest BCUT2D eigenvalue weighted by Gasteiger charge is -2.07. The zero-order valence-corrected chi connectivity index (χ0v) is 11.6. The van der Waals surface area contributed by atoms with Crippen molar-refractivity contribution in [3.63, 3.8) is 0 Å². The average molecular weight is 306 g/mol. The Labute approximate surface area is 125 Å². The van der Waals surface area contributed by atoms with Crippen molar-refractivity contribution < 1.29 is 14.3 Å². The van der Waals surface area contributed by atoms with Crippen molar-refractivity contribution in [1.82, 2.24) is 4.98 Å². The molecule has 0 fully saturated rings. The molecular formula is C14H12ClN3O3. The van der Waals surface area contributed by atoms with Crippen molar-refractivity contribution in [2.24, 2.45) is 5.73 Å². The molecule has 1 heterocycles. The van der Waals surface area contributed by atoms with E-state index in [0.717, 1.165) is 0 Å². The van der Waals surface area contributed by atoms with Gasteiger partial charge >= 0.3 is 0 Å². The van der Waals surface area contributed by atoms with Gasteiger partial charge in [-0.25, -0.2) is 4.98 Å². The van der Waals surface area contributed by atoms with Crippen LogP contribution < -0.4 is 15.8 Å². The summed E-state index contributed by atoms with van der Waals surface area (Å²) in [5, 5.41) is 2.92. The number of pyridine rings is 1. The summed E-state index contributed by atoms with van der Waals surface area (Å²) in [6, 6.07) is 11.3. The zero-order valence-electron chi connectivity index (χ0n) is 10.9. The third kappa shape index (κ3) is 4.47. The molecule has 0 aliphatic rings. The number of nitrogens with one attached hydrogen (secondary N) is 1. The first-order valence-electron chi connectivity index (χ1n) is 5.99. The summed E-state index contributed by atoms with van der Waals surface area (Å²) in [5.74, 6) is -0.449. The number of halogens is 1. The minimum Gasteiger partial charge on any atom is -0.484 e. The second-order valence-corrected chi connectivity index (χ2v) is 4.47. The van der Waals surface area contributed by atoms with E-state index in [-0.39, 0.29) is 23.4 Å². The van der Waals surface area contributed by atoms with Crippen LogP contribution in [0.5, 0.6) is 5.75 Å². The SMILES string of the molecule is NC(=O)COc1ccc(NC(=O)c2cccc(Cl)n2)cc1. The normalized spacial score (nSPS) is 9.95. The molecule has 0 aliphatic heterocycles. The fourth-order valence-electron chi connectivity index (χ4n) is 1.52. The number of carbonyl (C=O) groups is 2. The predicted molar refractivity (Wildman–Crippen MR) is 78.3 cm³/mol. The van der Waals surface area contributed by atoms with Crippen molar-refractivity contribution in [3.05, 3.63) is 53.3 Å². The highest BCUT2D eigenvalue weighted by Crippen LogP contribution is 2.16. The fraction of sp³-hybridized carbons (Fsp3) is 0.0714. The van der Waals surface area contributed by atoms with Gasteiger partial charge in [0.05, 0.1) is 0 Å². The maximum atomic E-state index is 11.9. The van der Waals surface area contributed by atoms with Crippen LogP contribution in [0.3, 0.4) is 0 Å². The summed E-state index contributed by atoms with van der Waals surface area (Å²) in [6.07, 6.45) is 0. The van der Waals surface area contributed by atoms with E-state index in [1.54, 1.807) is 42.5 Å². The summed E-state index contributed by atoms with van der Waals surface area (Å²) in [4.78, 5) is 26.4. The number of rotatable bonds is 5. The van der Waals surface area contributed by atoms with E-state index in [4.69, 9.17) is 22.1 Å². The van der Waals surface area contributed by atoms with Gasteiger partial charge in [0.25, 0.3) is 11.8 Å². The Hall–Kier alpha value is -2.60. The zero-order chi connectivity index (χ0) is 15.2. The molecule has 0 saturated carbocycles. The van der Waals surface area contributed by atoms with Crippen molar-refractivity contribution >= 4 is 29.1 Å². The van der Waals surface area contributed by atoms with Gasteiger partial charge in [-0.2, -0.15) is 0 Å². The molecule has 0 spiro atoms. The number of carbonyl (C=O) groups excluding carboxylic acids is 2. The van der Waals surface area contributed by atoms with Gasteiger partial charge < -0.3 is 15.8 Å². The number of aromatic nitrogens is 1. The molecule has 3 N–H and O–H groups in total. The van der Waals surface area contributed by atoms with Crippen LogP contribution in [0.15, 0.2) is 42.5 Å². The van der Waals surface area contributed by atoms with Crippen LogP contribution in [0, 0.1) is 0 Å². The number of primary amides is 1. The Morgan fingerprint density at radius 3 is 2.52 bits per heavy atom. The van der Waals surface area contributed by atoms with Gasteiger partial charge in [0.15, 0.2) is 6.61 Å². The van der Waals surface area contributed by atoms with Gasteiger partial charge in [0, 0.05) is 5.69 Å². The molecule has 21 heavy (non-hydrogen) atoms. The van der Waals surface area contributed by atoms with E-state index in [2.05, 4.69) is 10.3 Å². The van der Waals surface area contributed by atoms with Gasteiger partial charge in [-0.3, -0.25) is 9.59 Å². The molecule has 1 aromatic heterocycles. The second-order valence-electron chi connectivity index (χ2n) is 4.08. The van der Waals surface area contributed by atoms with Crippen LogP contribution in [0.25, 0.3) is 0 Å². The van der Waals surface area contributed by atoms with E-state index in [1.165, 1.54) is 0 Å². The Balaban J connectivity index is 2.00. The minimum atomic E-state index is -0.556. The molecule has 0 aliphatic carbocycles. The first-order valence-corrected chi connectivity index (χ1v) is 6.37. The Morgan fingerprint density at radius 2 is 1.90 bits per heavy atom. The molecule has 0 unspecified atom stereocenters. The molecule has 2 aromatic rings. The van der Waals surface area contributed by atoms with Crippen molar-refractivity contribution in [2.75, 3.05) is 11.9 Å². The lowest BCUT2D eigenvalue weighted by molar-refractivity contribution is -0.119. The topological polar surface area (TPSA) is 94.3 Å². The fourth-order valence-corrected chi connectivity index (χ4v) is 1.68. The summed E-state index contributed by atoms with van der Waals surface area (Å²) in [6.45, 7) is -0.196. The molecule has 0 radical (unpaired) electrons. The monoisotopic (exact) mass is 305 g/mol. The molecular weight excluding hydrogens is 294 g/mol. The Morgan fingerprint density at radius 1 is 1.19 bits per heavy atom. The maximum Gasteiger partial charge on any atom is 0.274 e. The van der Waals surface area contributed by atoms with E-state index in [1.807, 2.05) is 0 Å². The highest BCUT2D eigenvalue weighted by Gasteiger charge is 2.08. The molecule has 7 heteroatoms. The number of amides is 2. The van der Waals surface area contributed by atoms with Crippen LogP contribution in [-0.4, -0.2) is 23.4 Å². The third-order valence-corrected chi connectivity index (χ3v) is 2.65. The van der Waals surface area contributed by atoms with Crippen LogP contribution >= 0.6 is 11.6 Å². The Kier molecular flexibility index (Phi) is 4.73. The molecule has 108 valence electrons. The van der Waals surface area contributed by atoms with Crippen LogP contribution in [-0.2, 0) is 4.79 Å². The van der Waals surface area contributed by atoms with E-state index >= 15 is 0 Å². The summed E-state index contributed by atoms with van der Waals surface area (Å²) in [5.41, 5.74) is 5.76. The van der Waals surface area contributed by atoms with Crippen molar-refractivity contribution in [3.8, 4) is 5.75 Å². The average Bonchev–Trinajstić information content (AvgIpc) is 2.46.